The molecule has 1 unspecified atom stereocenters. The molecular weight excluding hydrogens is 264 g/mol. The lowest BCUT2D eigenvalue weighted by Gasteiger charge is -2.38. The Morgan fingerprint density at radius 1 is 1.24 bits per heavy atom. The highest BCUT2D eigenvalue weighted by Crippen LogP contribution is 2.23. The third-order valence-electron chi connectivity index (χ3n) is 4.16. The van der Waals surface area contributed by atoms with E-state index < -0.39 is 5.60 Å². The molecule has 0 amide bonds. The van der Waals surface area contributed by atoms with Crippen molar-refractivity contribution in [3.05, 3.63) is 35.9 Å². The van der Waals surface area contributed by atoms with Gasteiger partial charge in [-0.05, 0) is 18.4 Å². The fourth-order valence-corrected chi connectivity index (χ4v) is 2.76. The van der Waals surface area contributed by atoms with Gasteiger partial charge in [0, 0.05) is 32.8 Å². The van der Waals surface area contributed by atoms with Crippen LogP contribution in [-0.4, -0.2) is 49.4 Å². The van der Waals surface area contributed by atoms with Crippen LogP contribution in [0.2, 0.25) is 0 Å². The molecule has 4 nitrogen and oxygen atoms in total. The van der Waals surface area contributed by atoms with Gasteiger partial charge in [0.15, 0.2) is 0 Å². The van der Waals surface area contributed by atoms with E-state index >= 15 is 0 Å². The lowest BCUT2D eigenvalue weighted by Crippen LogP contribution is -2.50. The molecule has 0 heterocycles. The average molecular weight is 294 g/mol. The minimum absolute atomic E-state index is 0.209. The number of hydrogen-bond donors (Lipinski definition) is 2. The molecule has 0 aromatic heterocycles. The summed E-state index contributed by atoms with van der Waals surface area (Å²) in [6.07, 6.45) is 2.10. The average Bonchev–Trinajstić information content (AvgIpc) is 2.54. The summed E-state index contributed by atoms with van der Waals surface area (Å²) < 4.78 is 5.21. The topological polar surface area (TPSA) is 58.7 Å². The first-order valence-corrected chi connectivity index (χ1v) is 7.82. The van der Waals surface area contributed by atoms with Crippen LogP contribution in [0.3, 0.4) is 0 Å². The normalized spacial score (nSPS) is 14.6. The molecule has 0 aliphatic heterocycles. The fourth-order valence-electron chi connectivity index (χ4n) is 2.76. The minimum Gasteiger partial charge on any atom is -0.383 e. The van der Waals surface area contributed by atoms with Crippen LogP contribution in [0.4, 0.5) is 0 Å². The lowest BCUT2D eigenvalue weighted by molar-refractivity contribution is -0.0144. The molecule has 0 fully saturated rings. The van der Waals surface area contributed by atoms with E-state index in [1.165, 1.54) is 0 Å². The van der Waals surface area contributed by atoms with Crippen molar-refractivity contribution in [1.29, 1.82) is 0 Å². The lowest BCUT2D eigenvalue weighted by atomic mass is 9.92. The monoisotopic (exact) mass is 294 g/mol. The molecule has 21 heavy (non-hydrogen) atoms. The third-order valence-corrected chi connectivity index (χ3v) is 4.16. The van der Waals surface area contributed by atoms with Crippen LogP contribution < -0.4 is 5.73 Å². The van der Waals surface area contributed by atoms with Gasteiger partial charge in [-0.2, -0.15) is 0 Å². The van der Waals surface area contributed by atoms with Crippen LogP contribution in [0, 0.1) is 0 Å². The molecule has 0 saturated carbocycles. The Morgan fingerprint density at radius 3 is 2.33 bits per heavy atom. The van der Waals surface area contributed by atoms with Crippen molar-refractivity contribution < 1.29 is 9.84 Å². The van der Waals surface area contributed by atoms with Crippen molar-refractivity contribution in [2.24, 2.45) is 5.73 Å². The zero-order valence-corrected chi connectivity index (χ0v) is 13.6. The van der Waals surface area contributed by atoms with Gasteiger partial charge in [0.2, 0.25) is 0 Å². The number of nitrogens with two attached hydrogens (primary N) is 1. The van der Waals surface area contributed by atoms with Gasteiger partial charge in [-0.15, -0.1) is 0 Å². The Hall–Kier alpha value is -0.940. The van der Waals surface area contributed by atoms with Gasteiger partial charge in [-0.1, -0.05) is 44.2 Å². The second kappa shape index (κ2) is 9.15. The standard InChI is InChI=1S/C17H30N2O2/c1-4-16(5-2)19(11-12-21-3)14-17(20,13-18)15-9-7-6-8-10-15/h6-10,16,20H,4-5,11-14,18H2,1-3H3. The number of hydrogen-bond acceptors (Lipinski definition) is 4. The first kappa shape index (κ1) is 18.1. The highest BCUT2D eigenvalue weighted by molar-refractivity contribution is 5.23. The number of benzene rings is 1. The molecule has 3 N–H and O–H groups in total. The van der Waals surface area contributed by atoms with Gasteiger partial charge >= 0.3 is 0 Å². The Morgan fingerprint density at radius 2 is 1.86 bits per heavy atom. The predicted molar refractivity (Wildman–Crippen MR) is 87.2 cm³/mol. The first-order valence-electron chi connectivity index (χ1n) is 7.82. The smallest absolute Gasteiger partial charge is 0.114 e. The molecule has 1 aromatic carbocycles. The van der Waals surface area contributed by atoms with Gasteiger partial charge < -0.3 is 15.6 Å². The molecule has 0 radical (unpaired) electrons. The number of nitrogens with zero attached hydrogens (tertiary/aromatic N) is 1. The molecule has 0 spiro atoms. The molecule has 1 atom stereocenters. The van der Waals surface area contributed by atoms with Gasteiger partial charge in [0.25, 0.3) is 0 Å². The van der Waals surface area contributed by atoms with E-state index in [9.17, 15) is 5.11 Å². The Bertz CT molecular complexity index is 382. The van der Waals surface area contributed by atoms with Gasteiger partial charge in [-0.25, -0.2) is 0 Å². The number of ether oxygens (including phenoxy) is 1. The molecular formula is C17H30N2O2. The van der Waals surface area contributed by atoms with Crippen molar-refractivity contribution in [3.8, 4) is 0 Å². The summed E-state index contributed by atoms with van der Waals surface area (Å²) in [6, 6.07) is 10.1. The van der Waals surface area contributed by atoms with Crippen molar-refractivity contribution in [2.75, 3.05) is 33.4 Å². The van der Waals surface area contributed by atoms with E-state index in [-0.39, 0.29) is 6.54 Å². The summed E-state index contributed by atoms with van der Waals surface area (Å²) in [5.41, 5.74) is 5.75. The molecule has 120 valence electrons. The SMILES string of the molecule is CCC(CC)N(CCOC)CC(O)(CN)c1ccccc1. The maximum Gasteiger partial charge on any atom is 0.114 e. The molecule has 0 aliphatic carbocycles. The Kier molecular flexibility index (Phi) is 7.89. The van der Waals surface area contributed by atoms with Crippen LogP contribution in [0.5, 0.6) is 0 Å². The van der Waals surface area contributed by atoms with Crippen molar-refractivity contribution >= 4 is 0 Å². The summed E-state index contributed by atoms with van der Waals surface area (Å²) in [5, 5.41) is 11.0. The van der Waals surface area contributed by atoms with Crippen LogP contribution in [0.1, 0.15) is 32.3 Å². The summed E-state index contributed by atoms with van der Waals surface area (Å²) in [5.74, 6) is 0. The van der Waals surface area contributed by atoms with Gasteiger partial charge in [0.1, 0.15) is 5.60 Å². The van der Waals surface area contributed by atoms with Crippen molar-refractivity contribution in [3.63, 3.8) is 0 Å². The maximum absolute atomic E-state index is 11.0. The molecule has 0 saturated heterocycles. The van der Waals surface area contributed by atoms with Crippen molar-refractivity contribution in [1.82, 2.24) is 4.90 Å². The molecule has 4 heteroatoms. The van der Waals surface area contributed by atoms with E-state index in [1.807, 2.05) is 30.3 Å². The predicted octanol–water partition coefficient (Wildman–Crippen LogP) is 1.97. The summed E-state index contributed by atoms with van der Waals surface area (Å²) in [6.45, 7) is 6.56. The Balaban J connectivity index is 2.92. The molecule has 1 rings (SSSR count). The number of rotatable bonds is 10. The zero-order valence-electron chi connectivity index (χ0n) is 13.6. The number of methoxy groups -OCH3 is 1. The maximum atomic E-state index is 11.0. The van der Waals surface area contributed by atoms with E-state index in [4.69, 9.17) is 10.5 Å². The van der Waals surface area contributed by atoms with E-state index in [2.05, 4.69) is 18.7 Å². The highest BCUT2D eigenvalue weighted by Gasteiger charge is 2.32. The largest absolute Gasteiger partial charge is 0.383 e. The second-order valence-electron chi connectivity index (χ2n) is 5.54. The van der Waals surface area contributed by atoms with Crippen LogP contribution >= 0.6 is 0 Å². The zero-order chi connectivity index (χ0) is 15.7. The van der Waals surface area contributed by atoms with E-state index in [1.54, 1.807) is 7.11 Å². The van der Waals surface area contributed by atoms with Gasteiger partial charge in [-0.3, -0.25) is 4.90 Å². The van der Waals surface area contributed by atoms with Crippen LogP contribution in [0.15, 0.2) is 30.3 Å². The van der Waals surface area contributed by atoms with Crippen LogP contribution in [0.25, 0.3) is 0 Å². The Labute approximate surface area is 128 Å². The van der Waals surface area contributed by atoms with Crippen molar-refractivity contribution in [2.45, 2.75) is 38.3 Å². The first-order chi connectivity index (χ1) is 10.1. The summed E-state index contributed by atoms with van der Waals surface area (Å²) in [7, 11) is 1.71. The quantitative estimate of drug-likeness (QED) is 0.693. The molecule has 0 bridgehead atoms. The fraction of sp³-hybridized carbons (Fsp3) is 0.647. The number of aliphatic hydroxyl groups is 1. The molecule has 0 aliphatic rings. The van der Waals surface area contributed by atoms with E-state index in [0.717, 1.165) is 24.9 Å². The third kappa shape index (κ3) is 5.08. The second-order valence-corrected chi connectivity index (χ2v) is 5.54. The van der Waals surface area contributed by atoms with Crippen LogP contribution in [-0.2, 0) is 10.3 Å². The summed E-state index contributed by atoms with van der Waals surface area (Å²) >= 11 is 0. The minimum atomic E-state index is -1.02. The summed E-state index contributed by atoms with van der Waals surface area (Å²) in [4.78, 5) is 2.30. The highest BCUT2D eigenvalue weighted by atomic mass is 16.5. The van der Waals surface area contributed by atoms with E-state index in [0.29, 0.717) is 19.2 Å². The molecule has 1 aromatic rings. The van der Waals surface area contributed by atoms with Gasteiger partial charge in [0.05, 0.1) is 6.61 Å².